The number of hydrogen-bond acceptors (Lipinski definition) is 2. The van der Waals surface area contributed by atoms with E-state index >= 15 is 0 Å². The zero-order valence-corrected chi connectivity index (χ0v) is 8.68. The van der Waals surface area contributed by atoms with Crippen LogP contribution in [0, 0.1) is 10.8 Å². The van der Waals surface area contributed by atoms with Crippen molar-refractivity contribution >= 4 is 0 Å². The fourth-order valence-corrected chi connectivity index (χ4v) is 1.79. The van der Waals surface area contributed by atoms with Gasteiger partial charge >= 0.3 is 0 Å². The number of ether oxygens (including phenoxy) is 1. The Morgan fingerprint density at radius 2 is 2.17 bits per heavy atom. The second-order valence-corrected chi connectivity index (χ2v) is 4.78. The van der Waals surface area contributed by atoms with Gasteiger partial charge in [-0.05, 0) is 5.41 Å². The van der Waals surface area contributed by atoms with Gasteiger partial charge in [0.15, 0.2) is 0 Å². The summed E-state index contributed by atoms with van der Waals surface area (Å²) in [5.41, 5.74) is 6.49. The van der Waals surface area contributed by atoms with Gasteiger partial charge in [0, 0.05) is 11.5 Å². The Bertz CT molecular complexity index is 167. The van der Waals surface area contributed by atoms with Crippen molar-refractivity contribution in [2.75, 3.05) is 13.2 Å². The Morgan fingerprint density at radius 1 is 1.58 bits per heavy atom. The van der Waals surface area contributed by atoms with Crippen LogP contribution >= 0.6 is 0 Å². The summed E-state index contributed by atoms with van der Waals surface area (Å²) in [6, 6.07) is 0.201. The predicted molar refractivity (Wildman–Crippen MR) is 51.0 cm³/mol. The van der Waals surface area contributed by atoms with Gasteiger partial charge in [0.2, 0.25) is 0 Å². The Labute approximate surface area is 75.5 Å². The summed E-state index contributed by atoms with van der Waals surface area (Å²) < 4.78 is 5.44. The molecule has 1 aliphatic heterocycles. The maximum absolute atomic E-state index is 6.05. The zero-order valence-electron chi connectivity index (χ0n) is 8.68. The van der Waals surface area contributed by atoms with Gasteiger partial charge in [-0.3, -0.25) is 0 Å². The largest absolute Gasteiger partial charge is 0.379 e. The number of rotatable bonds is 2. The van der Waals surface area contributed by atoms with Crippen LogP contribution in [0.2, 0.25) is 0 Å². The third-order valence-corrected chi connectivity index (χ3v) is 3.95. The van der Waals surface area contributed by atoms with Crippen LogP contribution in [0.4, 0.5) is 0 Å². The van der Waals surface area contributed by atoms with Crippen LogP contribution in [-0.4, -0.2) is 19.3 Å². The van der Waals surface area contributed by atoms with Crippen LogP contribution in [0.3, 0.4) is 0 Å². The van der Waals surface area contributed by atoms with E-state index in [2.05, 4.69) is 27.7 Å². The van der Waals surface area contributed by atoms with E-state index in [9.17, 15) is 0 Å². The first-order chi connectivity index (χ1) is 5.44. The molecule has 12 heavy (non-hydrogen) atoms. The first kappa shape index (κ1) is 10.0. The highest BCUT2D eigenvalue weighted by molar-refractivity contribution is 4.99. The maximum Gasteiger partial charge on any atom is 0.0624 e. The van der Waals surface area contributed by atoms with Gasteiger partial charge in [0.05, 0.1) is 13.2 Å². The molecule has 1 fully saturated rings. The van der Waals surface area contributed by atoms with Gasteiger partial charge in [-0.25, -0.2) is 0 Å². The normalized spacial score (nSPS) is 37.2. The lowest BCUT2D eigenvalue weighted by Crippen LogP contribution is -2.48. The van der Waals surface area contributed by atoms with E-state index in [1.165, 1.54) is 0 Å². The summed E-state index contributed by atoms with van der Waals surface area (Å²) in [5.74, 6) is 0. The maximum atomic E-state index is 6.05. The molecule has 1 rings (SSSR count). The van der Waals surface area contributed by atoms with E-state index < -0.39 is 0 Å². The summed E-state index contributed by atoms with van der Waals surface area (Å²) in [4.78, 5) is 0. The second-order valence-electron chi connectivity index (χ2n) is 4.78. The van der Waals surface area contributed by atoms with Crippen LogP contribution in [0.5, 0.6) is 0 Å². The van der Waals surface area contributed by atoms with Crippen LogP contribution in [0.15, 0.2) is 0 Å². The van der Waals surface area contributed by atoms with Gasteiger partial charge in [-0.15, -0.1) is 0 Å². The van der Waals surface area contributed by atoms with E-state index in [4.69, 9.17) is 10.5 Å². The van der Waals surface area contributed by atoms with E-state index in [1.54, 1.807) is 0 Å². The van der Waals surface area contributed by atoms with E-state index in [0.717, 1.165) is 19.6 Å². The molecule has 0 aromatic heterocycles. The fraction of sp³-hybridized carbons (Fsp3) is 1.00. The molecule has 1 saturated heterocycles. The molecular weight excluding hydrogens is 150 g/mol. The van der Waals surface area contributed by atoms with Crippen LogP contribution < -0.4 is 5.73 Å². The molecule has 0 aliphatic carbocycles. The Hall–Kier alpha value is -0.0800. The van der Waals surface area contributed by atoms with Crippen LogP contribution in [-0.2, 0) is 4.74 Å². The lowest BCUT2D eigenvalue weighted by atomic mass is 9.63. The summed E-state index contributed by atoms with van der Waals surface area (Å²) in [6.45, 7) is 10.6. The molecule has 2 N–H and O–H groups in total. The van der Waals surface area contributed by atoms with Crippen molar-refractivity contribution in [3.8, 4) is 0 Å². The third kappa shape index (κ3) is 1.27. The Kier molecular flexibility index (Phi) is 2.50. The van der Waals surface area contributed by atoms with Crippen LogP contribution in [0.25, 0.3) is 0 Å². The molecule has 0 amide bonds. The lowest BCUT2D eigenvalue weighted by molar-refractivity contribution is 0.0535. The molecule has 1 aliphatic rings. The standard InChI is InChI=1S/C10H21NO/c1-5-9(2,3)10(4)7-12-6-8(10)11/h8H,5-7,11H2,1-4H3. The molecule has 1 heterocycles. The highest BCUT2D eigenvalue weighted by Crippen LogP contribution is 2.46. The summed E-state index contributed by atoms with van der Waals surface area (Å²) in [7, 11) is 0. The van der Waals surface area contributed by atoms with Gasteiger partial charge < -0.3 is 10.5 Å². The summed E-state index contributed by atoms with van der Waals surface area (Å²) in [5, 5.41) is 0. The van der Waals surface area contributed by atoms with E-state index in [-0.39, 0.29) is 16.9 Å². The minimum Gasteiger partial charge on any atom is -0.379 e. The van der Waals surface area contributed by atoms with Crippen molar-refractivity contribution in [1.82, 2.24) is 0 Å². The molecule has 2 unspecified atom stereocenters. The number of nitrogens with two attached hydrogens (primary N) is 1. The first-order valence-electron chi connectivity index (χ1n) is 4.77. The molecule has 2 heteroatoms. The smallest absolute Gasteiger partial charge is 0.0624 e. The molecule has 72 valence electrons. The molecule has 2 atom stereocenters. The van der Waals surface area contributed by atoms with E-state index in [1.807, 2.05) is 0 Å². The minimum atomic E-state index is 0.155. The average molecular weight is 171 g/mol. The van der Waals surface area contributed by atoms with Crippen LogP contribution in [0.1, 0.15) is 34.1 Å². The van der Waals surface area contributed by atoms with Crippen molar-refractivity contribution in [2.45, 2.75) is 40.2 Å². The van der Waals surface area contributed by atoms with Gasteiger partial charge in [0.25, 0.3) is 0 Å². The predicted octanol–water partition coefficient (Wildman–Crippen LogP) is 1.79. The molecule has 0 aromatic rings. The van der Waals surface area contributed by atoms with Crippen molar-refractivity contribution in [3.05, 3.63) is 0 Å². The Balaban J connectivity index is 2.83. The zero-order chi connectivity index (χ0) is 9.41. The van der Waals surface area contributed by atoms with Crippen molar-refractivity contribution in [3.63, 3.8) is 0 Å². The molecule has 0 aromatic carbocycles. The molecule has 0 bridgehead atoms. The Morgan fingerprint density at radius 3 is 2.50 bits per heavy atom. The minimum absolute atomic E-state index is 0.155. The highest BCUT2D eigenvalue weighted by atomic mass is 16.5. The van der Waals surface area contributed by atoms with Crippen molar-refractivity contribution in [1.29, 1.82) is 0 Å². The third-order valence-electron chi connectivity index (χ3n) is 3.95. The lowest BCUT2D eigenvalue weighted by Gasteiger charge is -2.42. The topological polar surface area (TPSA) is 35.2 Å². The second kappa shape index (κ2) is 3.00. The van der Waals surface area contributed by atoms with Gasteiger partial charge in [0.1, 0.15) is 0 Å². The number of hydrogen-bond donors (Lipinski definition) is 1. The molecule has 0 spiro atoms. The monoisotopic (exact) mass is 171 g/mol. The SMILES string of the molecule is CCC(C)(C)C1(C)COCC1N. The molecule has 0 saturated carbocycles. The van der Waals surface area contributed by atoms with Gasteiger partial charge in [-0.1, -0.05) is 34.1 Å². The van der Waals surface area contributed by atoms with Crippen molar-refractivity contribution in [2.24, 2.45) is 16.6 Å². The highest BCUT2D eigenvalue weighted by Gasteiger charge is 2.47. The average Bonchev–Trinajstić information content (AvgIpc) is 2.34. The molecule has 2 nitrogen and oxygen atoms in total. The van der Waals surface area contributed by atoms with E-state index in [0.29, 0.717) is 0 Å². The summed E-state index contributed by atoms with van der Waals surface area (Å²) >= 11 is 0. The van der Waals surface area contributed by atoms with Crippen molar-refractivity contribution < 1.29 is 4.74 Å². The first-order valence-corrected chi connectivity index (χ1v) is 4.77. The quantitative estimate of drug-likeness (QED) is 0.687. The molecule has 0 radical (unpaired) electrons. The fourth-order valence-electron chi connectivity index (χ4n) is 1.79. The van der Waals surface area contributed by atoms with Gasteiger partial charge in [-0.2, -0.15) is 0 Å². The summed E-state index contributed by atoms with van der Waals surface area (Å²) in [6.07, 6.45) is 1.15. The molecular formula is C10H21NO.